The van der Waals surface area contributed by atoms with Gasteiger partial charge in [-0.25, -0.2) is 0 Å². The second-order valence-electron chi connectivity index (χ2n) is 12.2. The Morgan fingerprint density at radius 3 is 2.39 bits per heavy atom. The zero-order chi connectivity index (χ0) is 30.7. The molecule has 10 heteroatoms. The first-order valence-electron chi connectivity index (χ1n) is 14.5. The number of carbonyl (C=O) groups is 3. The van der Waals surface area contributed by atoms with E-state index in [1.807, 2.05) is 13.8 Å². The van der Waals surface area contributed by atoms with Crippen molar-refractivity contribution in [3.05, 3.63) is 35.6 Å². The summed E-state index contributed by atoms with van der Waals surface area (Å²) in [5, 5.41) is 33.2. The molecule has 1 saturated heterocycles. The van der Waals surface area contributed by atoms with E-state index in [0.29, 0.717) is 19.3 Å². The molecule has 3 aliphatic rings. The third kappa shape index (κ3) is 7.85. The molecule has 0 aromatic rings. The molecule has 0 amide bonds. The van der Waals surface area contributed by atoms with Crippen LogP contribution in [-0.4, -0.2) is 81.9 Å². The number of aliphatic hydroxyl groups excluding tert-OH is 2. The van der Waals surface area contributed by atoms with E-state index in [1.54, 1.807) is 45.9 Å². The van der Waals surface area contributed by atoms with Gasteiger partial charge in [0.2, 0.25) is 5.78 Å². The highest BCUT2D eigenvalue weighted by atomic mass is 16.6. The standard InChI is InChI=1S/C31H46O10/c1-8-31-12-9-17(2)15-30(6,37)11-10-23(38-7)18(3)26(34)20(5)27(35)28-22(32)13-21(39-28)14-25(33)40-24(16-31)19(4)29(36)41-31/h9,12-13,15,18-20,23-24,26-28,34-35,37H,8,10-11,14,16H2,1-7H3/b12-9+,17-15+. The van der Waals surface area contributed by atoms with Gasteiger partial charge in [-0.05, 0) is 46.1 Å². The second-order valence-corrected chi connectivity index (χ2v) is 12.2. The van der Waals surface area contributed by atoms with Gasteiger partial charge in [-0.3, -0.25) is 14.4 Å². The van der Waals surface area contributed by atoms with Gasteiger partial charge >= 0.3 is 11.9 Å². The highest BCUT2D eigenvalue weighted by Crippen LogP contribution is 2.36. The Hall–Kier alpha value is -2.53. The number of hydrogen-bond donors (Lipinski definition) is 3. The summed E-state index contributed by atoms with van der Waals surface area (Å²) in [4.78, 5) is 38.4. The zero-order valence-electron chi connectivity index (χ0n) is 25.2. The molecule has 3 heterocycles. The Balaban J connectivity index is 1.96. The van der Waals surface area contributed by atoms with Gasteiger partial charge in [0, 0.05) is 31.4 Å². The van der Waals surface area contributed by atoms with Crippen LogP contribution in [-0.2, 0) is 33.3 Å². The first-order chi connectivity index (χ1) is 19.1. The lowest BCUT2D eigenvalue weighted by atomic mass is 9.81. The Morgan fingerprint density at radius 1 is 1.07 bits per heavy atom. The smallest absolute Gasteiger partial charge is 0.313 e. The van der Waals surface area contributed by atoms with E-state index < -0.39 is 77.2 Å². The molecule has 3 rings (SSSR count). The summed E-state index contributed by atoms with van der Waals surface area (Å²) in [6.45, 7) is 10.4. The summed E-state index contributed by atoms with van der Waals surface area (Å²) < 4.78 is 22.8. The minimum atomic E-state index is -1.35. The Kier molecular flexibility index (Phi) is 10.6. The number of ether oxygens (including phenoxy) is 4. The van der Waals surface area contributed by atoms with Gasteiger partial charge in [-0.1, -0.05) is 38.5 Å². The van der Waals surface area contributed by atoms with Crippen LogP contribution in [0.3, 0.4) is 0 Å². The summed E-state index contributed by atoms with van der Waals surface area (Å²) in [6, 6.07) is 0. The van der Waals surface area contributed by atoms with Crippen molar-refractivity contribution in [2.24, 2.45) is 17.8 Å². The van der Waals surface area contributed by atoms with Crippen molar-refractivity contribution in [2.75, 3.05) is 7.11 Å². The maximum atomic E-state index is 12.9. The predicted molar refractivity (Wildman–Crippen MR) is 149 cm³/mol. The molecule has 0 spiro atoms. The van der Waals surface area contributed by atoms with Gasteiger partial charge in [0.1, 0.15) is 30.0 Å². The molecule has 10 atom stereocenters. The molecule has 3 aliphatic heterocycles. The van der Waals surface area contributed by atoms with E-state index in [1.165, 1.54) is 7.11 Å². The first-order valence-corrected chi connectivity index (χ1v) is 14.5. The summed E-state index contributed by atoms with van der Waals surface area (Å²) >= 11 is 0. The molecule has 3 N–H and O–H groups in total. The molecule has 10 nitrogen and oxygen atoms in total. The van der Waals surface area contributed by atoms with Crippen LogP contribution >= 0.6 is 0 Å². The predicted octanol–water partition coefficient (Wildman–Crippen LogP) is 2.93. The number of esters is 2. The Bertz CT molecular complexity index is 1070. The van der Waals surface area contributed by atoms with Crippen LogP contribution in [0.4, 0.5) is 0 Å². The molecule has 10 unspecified atom stereocenters. The third-order valence-corrected chi connectivity index (χ3v) is 8.78. The summed E-state index contributed by atoms with van der Waals surface area (Å²) in [5.41, 5.74) is -1.47. The Morgan fingerprint density at radius 2 is 1.76 bits per heavy atom. The second kappa shape index (κ2) is 13.2. The molecule has 0 radical (unpaired) electrons. The monoisotopic (exact) mass is 578 g/mol. The van der Waals surface area contributed by atoms with Crippen molar-refractivity contribution in [2.45, 2.75) is 115 Å². The third-order valence-electron chi connectivity index (χ3n) is 8.78. The number of allylic oxidation sites excluding steroid dienone is 2. The maximum absolute atomic E-state index is 12.9. The van der Waals surface area contributed by atoms with Crippen molar-refractivity contribution in [1.82, 2.24) is 0 Å². The van der Waals surface area contributed by atoms with Crippen molar-refractivity contribution in [1.29, 1.82) is 0 Å². The van der Waals surface area contributed by atoms with Crippen LogP contribution in [0, 0.1) is 17.8 Å². The normalized spacial score (nSPS) is 43.4. The van der Waals surface area contributed by atoms with Crippen LogP contribution in [0.25, 0.3) is 0 Å². The molecule has 0 aliphatic carbocycles. The number of hydrogen-bond acceptors (Lipinski definition) is 10. The molecule has 1 fully saturated rings. The van der Waals surface area contributed by atoms with Crippen LogP contribution < -0.4 is 0 Å². The topological polar surface area (TPSA) is 149 Å². The van der Waals surface area contributed by atoms with Gasteiger partial charge in [-0.15, -0.1) is 0 Å². The SMILES string of the molecule is CCC12/C=C/C(C)=C/C(C)(O)CCC(OC)C(C)C(O)C(C)C(O)C3OC(=CC3=O)CC(=O)OC(C1)C(C)C(=O)O2. The van der Waals surface area contributed by atoms with E-state index >= 15 is 0 Å². The fraction of sp³-hybridized carbons (Fsp3) is 0.710. The fourth-order valence-electron chi connectivity index (χ4n) is 5.86. The van der Waals surface area contributed by atoms with Crippen molar-refractivity contribution in [3.8, 4) is 0 Å². The van der Waals surface area contributed by atoms with Gasteiger partial charge in [0.25, 0.3) is 0 Å². The van der Waals surface area contributed by atoms with Gasteiger partial charge in [0.15, 0.2) is 6.10 Å². The maximum Gasteiger partial charge on any atom is 0.313 e. The van der Waals surface area contributed by atoms with E-state index in [4.69, 9.17) is 18.9 Å². The largest absolute Gasteiger partial charge is 0.483 e. The van der Waals surface area contributed by atoms with Crippen molar-refractivity contribution >= 4 is 17.7 Å². The molecule has 41 heavy (non-hydrogen) atoms. The average Bonchev–Trinajstić information content (AvgIpc) is 3.27. The van der Waals surface area contributed by atoms with E-state index in [9.17, 15) is 29.7 Å². The lowest BCUT2D eigenvalue weighted by Gasteiger charge is -2.40. The van der Waals surface area contributed by atoms with Crippen molar-refractivity contribution in [3.63, 3.8) is 0 Å². The van der Waals surface area contributed by atoms with Crippen LogP contribution in [0.5, 0.6) is 0 Å². The van der Waals surface area contributed by atoms with E-state index in [0.717, 1.165) is 11.6 Å². The zero-order valence-corrected chi connectivity index (χ0v) is 25.2. The number of carbonyl (C=O) groups excluding carboxylic acids is 3. The Labute approximate surface area is 242 Å². The van der Waals surface area contributed by atoms with Gasteiger partial charge < -0.3 is 34.3 Å². The number of rotatable bonds is 2. The number of methoxy groups -OCH3 is 1. The summed E-state index contributed by atoms with van der Waals surface area (Å²) in [6.07, 6.45) is 2.61. The molecular formula is C31H46O10. The lowest BCUT2D eigenvalue weighted by molar-refractivity contribution is -0.187. The van der Waals surface area contributed by atoms with E-state index in [2.05, 4.69) is 0 Å². The minimum Gasteiger partial charge on any atom is -0.483 e. The van der Waals surface area contributed by atoms with Crippen LogP contribution in [0.1, 0.15) is 73.6 Å². The molecule has 4 bridgehead atoms. The van der Waals surface area contributed by atoms with Crippen LogP contribution in [0.2, 0.25) is 0 Å². The first kappa shape index (κ1) is 33.0. The van der Waals surface area contributed by atoms with Crippen LogP contribution in [0.15, 0.2) is 35.6 Å². The number of fused-ring (bicyclic) bond motifs is 4. The highest BCUT2D eigenvalue weighted by Gasteiger charge is 2.46. The van der Waals surface area contributed by atoms with Gasteiger partial charge in [-0.2, -0.15) is 0 Å². The highest BCUT2D eigenvalue weighted by molar-refractivity contribution is 5.97. The molecule has 0 saturated carbocycles. The summed E-state index contributed by atoms with van der Waals surface area (Å²) in [5.74, 6) is -3.54. The summed E-state index contributed by atoms with van der Waals surface area (Å²) in [7, 11) is 1.53. The molecule has 230 valence electrons. The average molecular weight is 579 g/mol. The quantitative estimate of drug-likeness (QED) is 0.418. The number of ketones is 1. The number of aliphatic hydroxyl groups is 3. The molecule has 0 aromatic heterocycles. The van der Waals surface area contributed by atoms with Crippen molar-refractivity contribution < 1.29 is 48.7 Å². The fourth-order valence-corrected chi connectivity index (χ4v) is 5.86. The molecule has 0 aromatic carbocycles. The lowest BCUT2D eigenvalue weighted by Crippen LogP contribution is -2.49. The van der Waals surface area contributed by atoms with Gasteiger partial charge in [0.05, 0.1) is 23.7 Å². The van der Waals surface area contributed by atoms with E-state index in [-0.39, 0.29) is 18.6 Å². The minimum absolute atomic E-state index is 0.0510. The molecular weight excluding hydrogens is 532 g/mol.